The monoisotopic (exact) mass is 300 g/mol. The molecule has 0 aliphatic heterocycles. The summed E-state index contributed by atoms with van der Waals surface area (Å²) in [7, 11) is 2.85. The van der Waals surface area contributed by atoms with Gasteiger partial charge in [-0.05, 0) is 23.8 Å². The first-order valence-corrected chi connectivity index (χ1v) is 6.80. The first-order chi connectivity index (χ1) is 10.2. The second kappa shape index (κ2) is 6.68. The third-order valence-corrected chi connectivity index (χ3v) is 3.62. The van der Waals surface area contributed by atoms with Crippen LogP contribution in [0.4, 0.5) is 0 Å². The molecule has 2 rings (SSSR count). The number of hydrogen-bond acceptors (Lipinski definition) is 6. The van der Waals surface area contributed by atoms with Gasteiger partial charge in [-0.1, -0.05) is 12.1 Å². The predicted molar refractivity (Wildman–Crippen MR) is 80.1 cm³/mol. The Morgan fingerprint density at radius 3 is 2.86 bits per heavy atom. The van der Waals surface area contributed by atoms with Gasteiger partial charge >= 0.3 is 5.97 Å². The van der Waals surface area contributed by atoms with Gasteiger partial charge in [0.15, 0.2) is 0 Å². The minimum atomic E-state index is -0.396. The molecule has 0 fully saturated rings. The molecule has 0 spiro atoms. The van der Waals surface area contributed by atoms with Crippen molar-refractivity contribution in [2.24, 2.45) is 0 Å². The van der Waals surface area contributed by atoms with E-state index in [4.69, 9.17) is 10.00 Å². The molecule has 6 heteroatoms. The normalized spacial score (nSPS) is 10.3. The molecule has 1 aromatic heterocycles. The summed E-state index contributed by atoms with van der Waals surface area (Å²) < 4.78 is 9.78. The summed E-state index contributed by atoms with van der Waals surface area (Å²) in [6.45, 7) is 0. The third-order valence-electron chi connectivity index (χ3n) is 2.67. The highest BCUT2D eigenvalue weighted by Gasteiger charge is 2.08. The van der Waals surface area contributed by atoms with Crippen molar-refractivity contribution in [1.82, 2.24) is 4.98 Å². The van der Waals surface area contributed by atoms with Gasteiger partial charge in [0, 0.05) is 0 Å². The fraction of sp³-hybridized carbons (Fsp3) is 0.133. The van der Waals surface area contributed by atoms with Crippen molar-refractivity contribution in [3.63, 3.8) is 0 Å². The van der Waals surface area contributed by atoms with Gasteiger partial charge in [0.25, 0.3) is 0 Å². The highest BCUT2D eigenvalue weighted by Crippen LogP contribution is 2.21. The van der Waals surface area contributed by atoms with Crippen LogP contribution in [0.25, 0.3) is 12.2 Å². The third kappa shape index (κ3) is 3.46. The molecule has 21 heavy (non-hydrogen) atoms. The van der Waals surface area contributed by atoms with Crippen LogP contribution in [-0.2, 0) is 4.74 Å². The highest BCUT2D eigenvalue weighted by molar-refractivity contribution is 7.14. The summed E-state index contributed by atoms with van der Waals surface area (Å²) in [6.07, 6.45) is 5.11. The summed E-state index contributed by atoms with van der Waals surface area (Å²) in [5.41, 5.74) is 1.36. The zero-order chi connectivity index (χ0) is 15.2. The Morgan fingerprint density at radius 1 is 1.38 bits per heavy atom. The van der Waals surface area contributed by atoms with Gasteiger partial charge in [-0.2, -0.15) is 5.26 Å². The van der Waals surface area contributed by atoms with E-state index in [0.717, 1.165) is 5.56 Å². The van der Waals surface area contributed by atoms with E-state index < -0.39 is 5.97 Å². The number of rotatable bonds is 4. The SMILES string of the molecule is COC(=O)c1cnc(C=Cc2ccc(C#N)c(OC)c2)s1. The molecule has 0 radical (unpaired) electrons. The first kappa shape index (κ1) is 14.8. The van der Waals surface area contributed by atoms with E-state index in [1.54, 1.807) is 18.2 Å². The fourth-order valence-corrected chi connectivity index (χ4v) is 2.37. The van der Waals surface area contributed by atoms with Gasteiger partial charge in [0.05, 0.1) is 26.0 Å². The number of ether oxygens (including phenoxy) is 2. The number of nitriles is 1. The number of thiazole rings is 1. The van der Waals surface area contributed by atoms with Crippen molar-refractivity contribution >= 4 is 29.5 Å². The standard InChI is InChI=1S/C15H12N2O3S/c1-19-12-7-10(3-5-11(12)8-16)4-6-14-17-9-13(21-14)15(18)20-2/h3-7,9H,1-2H3. The van der Waals surface area contributed by atoms with Crippen LogP contribution in [0.5, 0.6) is 5.75 Å². The molecule has 0 atom stereocenters. The maximum absolute atomic E-state index is 11.3. The van der Waals surface area contributed by atoms with Gasteiger partial charge in [-0.25, -0.2) is 9.78 Å². The van der Waals surface area contributed by atoms with E-state index >= 15 is 0 Å². The quantitative estimate of drug-likeness (QED) is 0.812. The van der Waals surface area contributed by atoms with Crippen molar-refractivity contribution in [1.29, 1.82) is 5.26 Å². The lowest BCUT2D eigenvalue weighted by molar-refractivity contribution is 0.0606. The van der Waals surface area contributed by atoms with Crippen LogP contribution in [0.2, 0.25) is 0 Å². The average molecular weight is 300 g/mol. The van der Waals surface area contributed by atoms with Crippen molar-refractivity contribution in [3.8, 4) is 11.8 Å². The summed E-state index contributed by atoms with van der Waals surface area (Å²) in [4.78, 5) is 15.9. The lowest BCUT2D eigenvalue weighted by atomic mass is 10.1. The first-order valence-electron chi connectivity index (χ1n) is 5.98. The van der Waals surface area contributed by atoms with Crippen LogP contribution in [0.3, 0.4) is 0 Å². The number of aromatic nitrogens is 1. The Morgan fingerprint density at radius 2 is 2.19 bits per heavy atom. The zero-order valence-corrected chi connectivity index (χ0v) is 12.3. The molecule has 0 unspecified atom stereocenters. The topological polar surface area (TPSA) is 72.2 Å². The van der Waals surface area contributed by atoms with E-state index in [9.17, 15) is 4.79 Å². The Bertz CT molecular complexity index is 729. The number of carbonyl (C=O) groups excluding carboxylic acids is 1. The van der Waals surface area contributed by atoms with E-state index in [1.807, 2.05) is 12.1 Å². The van der Waals surface area contributed by atoms with Crippen molar-refractivity contribution in [2.45, 2.75) is 0 Å². The number of methoxy groups -OCH3 is 2. The zero-order valence-electron chi connectivity index (χ0n) is 11.5. The molecule has 0 saturated carbocycles. The molecule has 0 saturated heterocycles. The maximum Gasteiger partial charge on any atom is 0.349 e. The number of hydrogen-bond donors (Lipinski definition) is 0. The average Bonchev–Trinajstić information content (AvgIpc) is 3.00. The van der Waals surface area contributed by atoms with E-state index in [-0.39, 0.29) is 0 Å². The minimum absolute atomic E-state index is 0.396. The second-order valence-corrected chi connectivity index (χ2v) is 5.02. The number of nitrogens with zero attached hydrogens (tertiary/aromatic N) is 2. The van der Waals surface area contributed by atoms with Gasteiger partial charge in [0.2, 0.25) is 0 Å². The van der Waals surface area contributed by atoms with Crippen LogP contribution < -0.4 is 4.74 Å². The van der Waals surface area contributed by atoms with Crippen LogP contribution in [0, 0.1) is 11.3 Å². The smallest absolute Gasteiger partial charge is 0.349 e. The molecular weight excluding hydrogens is 288 g/mol. The molecule has 1 aromatic carbocycles. The Labute approximate surface area is 126 Å². The van der Waals surface area contributed by atoms with Crippen LogP contribution in [-0.4, -0.2) is 25.2 Å². The van der Waals surface area contributed by atoms with Gasteiger partial charge in [-0.15, -0.1) is 11.3 Å². The van der Waals surface area contributed by atoms with E-state index in [2.05, 4.69) is 15.8 Å². The van der Waals surface area contributed by atoms with Gasteiger partial charge in [0.1, 0.15) is 21.7 Å². The van der Waals surface area contributed by atoms with Crippen molar-refractivity contribution in [3.05, 3.63) is 45.4 Å². The van der Waals surface area contributed by atoms with Crippen LogP contribution >= 0.6 is 11.3 Å². The van der Waals surface area contributed by atoms with E-state index in [1.165, 1.54) is 31.8 Å². The minimum Gasteiger partial charge on any atom is -0.495 e. The lowest BCUT2D eigenvalue weighted by Crippen LogP contribution is -1.96. The van der Waals surface area contributed by atoms with Gasteiger partial charge in [-0.3, -0.25) is 0 Å². The Kier molecular flexibility index (Phi) is 4.69. The molecule has 0 N–H and O–H groups in total. The van der Waals surface area contributed by atoms with Crippen molar-refractivity contribution in [2.75, 3.05) is 14.2 Å². The van der Waals surface area contributed by atoms with Crippen molar-refractivity contribution < 1.29 is 14.3 Å². The Balaban J connectivity index is 2.20. The molecule has 0 amide bonds. The number of benzene rings is 1. The summed E-state index contributed by atoms with van der Waals surface area (Å²) in [5.74, 6) is 0.126. The largest absolute Gasteiger partial charge is 0.495 e. The second-order valence-electron chi connectivity index (χ2n) is 3.96. The fourth-order valence-electron chi connectivity index (χ4n) is 1.63. The summed E-state index contributed by atoms with van der Waals surface area (Å²) in [6, 6.07) is 7.33. The molecule has 5 nitrogen and oxygen atoms in total. The van der Waals surface area contributed by atoms with Gasteiger partial charge < -0.3 is 9.47 Å². The van der Waals surface area contributed by atoms with E-state index in [0.29, 0.717) is 21.2 Å². The Hall–Kier alpha value is -2.65. The lowest BCUT2D eigenvalue weighted by Gasteiger charge is -2.02. The molecule has 1 heterocycles. The summed E-state index contributed by atoms with van der Waals surface area (Å²) >= 11 is 1.25. The summed E-state index contributed by atoms with van der Waals surface area (Å²) in [5, 5.41) is 9.62. The molecule has 0 aliphatic rings. The molecule has 2 aromatic rings. The molecule has 0 aliphatic carbocycles. The number of esters is 1. The maximum atomic E-state index is 11.3. The number of carbonyl (C=O) groups is 1. The highest BCUT2D eigenvalue weighted by atomic mass is 32.1. The molecule has 106 valence electrons. The van der Waals surface area contributed by atoms with Crippen LogP contribution in [0.1, 0.15) is 25.8 Å². The molecule has 0 bridgehead atoms. The predicted octanol–water partition coefficient (Wildman–Crippen LogP) is 2.98. The molecular formula is C15H12N2O3S. The van der Waals surface area contributed by atoms with Crippen LogP contribution in [0.15, 0.2) is 24.4 Å².